The van der Waals surface area contributed by atoms with E-state index >= 15 is 0 Å². The molecule has 1 aromatic heterocycles. The molecule has 0 aliphatic heterocycles. The van der Waals surface area contributed by atoms with Gasteiger partial charge in [0.15, 0.2) is 0 Å². The van der Waals surface area contributed by atoms with Crippen molar-refractivity contribution in [1.29, 1.82) is 0 Å². The highest BCUT2D eigenvalue weighted by molar-refractivity contribution is 7.88. The molecule has 17 heavy (non-hydrogen) atoms. The smallest absolute Gasteiger partial charge is 0.275 e. The lowest BCUT2D eigenvalue weighted by Gasteiger charge is -2.09. The molecule has 1 heterocycles. The van der Waals surface area contributed by atoms with Crippen molar-refractivity contribution in [3.05, 3.63) is 17.9 Å². The van der Waals surface area contributed by atoms with Crippen LogP contribution in [-0.2, 0) is 16.6 Å². The molecule has 7 heteroatoms. The zero-order valence-corrected chi connectivity index (χ0v) is 11.0. The number of sulfonamides is 1. The largest absolute Gasteiger partial charge is 0.447 e. The Morgan fingerprint density at radius 1 is 1.47 bits per heavy atom. The van der Waals surface area contributed by atoms with Gasteiger partial charge in [-0.05, 0) is 19.1 Å². The molecule has 6 nitrogen and oxygen atoms in total. The number of rotatable bonds is 6. The quantitative estimate of drug-likeness (QED) is 0.754. The minimum atomic E-state index is -3.51. The molecule has 0 spiro atoms. The van der Waals surface area contributed by atoms with Gasteiger partial charge in [0.1, 0.15) is 5.76 Å². The Morgan fingerprint density at radius 2 is 2.12 bits per heavy atom. The predicted octanol–water partition coefficient (Wildman–Crippen LogP) is 0.000300. The average molecular weight is 262 g/mol. The van der Waals surface area contributed by atoms with E-state index in [1.165, 1.54) is 20.2 Å². The molecule has 0 radical (unpaired) electrons. The van der Waals surface area contributed by atoms with E-state index in [2.05, 4.69) is 5.32 Å². The Hall–Kier alpha value is -0.890. The highest BCUT2D eigenvalue weighted by Gasteiger charge is 2.21. The molecule has 0 fully saturated rings. The number of hydrogen-bond acceptors (Lipinski definition) is 5. The van der Waals surface area contributed by atoms with Crippen LogP contribution >= 0.6 is 0 Å². The fourth-order valence-corrected chi connectivity index (χ4v) is 1.92. The standard InChI is InChI=1S/C10H18N2O4S/c1-8(7-13)11-6-9-4-5-10(16-9)17(14,15)12(2)3/h4-5,8,11,13H,6-7H2,1-3H3/t8-/m1/s1. The molecule has 0 unspecified atom stereocenters. The third kappa shape index (κ3) is 3.53. The molecule has 1 atom stereocenters. The first-order valence-corrected chi connectivity index (χ1v) is 6.67. The Morgan fingerprint density at radius 3 is 2.65 bits per heavy atom. The van der Waals surface area contributed by atoms with Crippen LogP contribution in [0.2, 0.25) is 0 Å². The third-order valence-corrected chi connectivity index (χ3v) is 3.96. The predicted molar refractivity (Wildman–Crippen MR) is 63.0 cm³/mol. The second kappa shape index (κ2) is 5.63. The summed E-state index contributed by atoms with van der Waals surface area (Å²) < 4.78 is 29.8. The minimum absolute atomic E-state index is 0.0174. The van der Waals surface area contributed by atoms with Gasteiger partial charge in [0.05, 0.1) is 13.2 Å². The molecule has 0 amide bonds. The first-order chi connectivity index (χ1) is 7.87. The van der Waals surface area contributed by atoms with Gasteiger partial charge in [0.25, 0.3) is 10.0 Å². The number of furan rings is 1. The van der Waals surface area contributed by atoms with Crippen molar-refractivity contribution in [1.82, 2.24) is 9.62 Å². The molecular formula is C10H18N2O4S. The van der Waals surface area contributed by atoms with Crippen LogP contribution in [-0.4, -0.2) is 44.6 Å². The highest BCUT2D eigenvalue weighted by Crippen LogP contribution is 2.16. The van der Waals surface area contributed by atoms with E-state index in [4.69, 9.17) is 9.52 Å². The van der Waals surface area contributed by atoms with E-state index in [9.17, 15) is 8.42 Å². The molecule has 0 saturated heterocycles. The van der Waals surface area contributed by atoms with Crippen LogP contribution in [0, 0.1) is 0 Å². The van der Waals surface area contributed by atoms with Crippen molar-refractivity contribution in [3.8, 4) is 0 Å². The first-order valence-electron chi connectivity index (χ1n) is 5.23. The monoisotopic (exact) mass is 262 g/mol. The Labute approximate surface area is 101 Å². The number of aliphatic hydroxyl groups is 1. The zero-order chi connectivity index (χ0) is 13.1. The average Bonchev–Trinajstić information content (AvgIpc) is 2.74. The summed E-state index contributed by atoms with van der Waals surface area (Å²) in [6, 6.07) is 2.97. The van der Waals surface area contributed by atoms with Crippen molar-refractivity contribution >= 4 is 10.0 Å². The Balaban J connectivity index is 2.73. The maximum Gasteiger partial charge on any atom is 0.275 e. The van der Waals surface area contributed by atoms with Crippen LogP contribution < -0.4 is 5.32 Å². The van der Waals surface area contributed by atoms with Gasteiger partial charge < -0.3 is 14.8 Å². The summed E-state index contributed by atoms with van der Waals surface area (Å²) in [6.45, 7) is 2.22. The van der Waals surface area contributed by atoms with Crippen LogP contribution in [0.25, 0.3) is 0 Å². The summed E-state index contributed by atoms with van der Waals surface area (Å²) in [6.07, 6.45) is 0. The lowest BCUT2D eigenvalue weighted by Crippen LogP contribution is -2.28. The van der Waals surface area contributed by atoms with Gasteiger partial charge >= 0.3 is 0 Å². The summed E-state index contributed by atoms with van der Waals surface area (Å²) in [5.74, 6) is 0.519. The second-order valence-electron chi connectivity index (χ2n) is 3.97. The van der Waals surface area contributed by atoms with Crippen LogP contribution in [0.15, 0.2) is 21.6 Å². The Bertz CT molecular complexity index is 453. The molecule has 0 bridgehead atoms. The Kier molecular flexibility index (Phi) is 4.70. The molecule has 98 valence electrons. The number of aliphatic hydroxyl groups excluding tert-OH is 1. The minimum Gasteiger partial charge on any atom is -0.447 e. The van der Waals surface area contributed by atoms with E-state index in [-0.39, 0.29) is 17.7 Å². The van der Waals surface area contributed by atoms with Gasteiger partial charge in [-0.15, -0.1) is 0 Å². The fraction of sp³-hybridized carbons (Fsp3) is 0.600. The summed E-state index contributed by atoms with van der Waals surface area (Å²) in [7, 11) is -0.615. The lowest BCUT2D eigenvalue weighted by atomic mass is 10.3. The summed E-state index contributed by atoms with van der Waals surface area (Å²) in [5, 5.41) is 11.7. The molecule has 0 saturated carbocycles. The van der Waals surface area contributed by atoms with E-state index in [1.54, 1.807) is 6.07 Å². The van der Waals surface area contributed by atoms with Gasteiger partial charge in [-0.1, -0.05) is 0 Å². The van der Waals surface area contributed by atoms with Crippen molar-refractivity contribution < 1.29 is 17.9 Å². The molecule has 1 aromatic rings. The van der Waals surface area contributed by atoms with Gasteiger partial charge in [-0.3, -0.25) is 0 Å². The number of nitrogens with one attached hydrogen (secondary N) is 1. The molecule has 0 aliphatic rings. The number of hydrogen-bond donors (Lipinski definition) is 2. The van der Waals surface area contributed by atoms with Gasteiger partial charge in [-0.25, -0.2) is 12.7 Å². The second-order valence-corrected chi connectivity index (χ2v) is 6.06. The summed E-state index contributed by atoms with van der Waals surface area (Å²) in [5.41, 5.74) is 0. The van der Waals surface area contributed by atoms with E-state index < -0.39 is 10.0 Å². The molecule has 1 rings (SSSR count). The van der Waals surface area contributed by atoms with Crippen LogP contribution in [0.4, 0.5) is 0 Å². The maximum absolute atomic E-state index is 11.7. The topological polar surface area (TPSA) is 82.8 Å². The van der Waals surface area contributed by atoms with Crippen molar-refractivity contribution in [2.75, 3.05) is 20.7 Å². The summed E-state index contributed by atoms with van der Waals surface area (Å²) >= 11 is 0. The van der Waals surface area contributed by atoms with Crippen molar-refractivity contribution in [2.45, 2.75) is 24.6 Å². The number of nitrogens with zero attached hydrogens (tertiary/aromatic N) is 1. The normalized spacial score (nSPS) is 14.2. The fourth-order valence-electron chi connectivity index (χ4n) is 1.11. The summed E-state index contributed by atoms with van der Waals surface area (Å²) in [4.78, 5) is 0. The first kappa shape index (κ1) is 14.2. The molecular weight excluding hydrogens is 244 g/mol. The lowest BCUT2D eigenvalue weighted by molar-refractivity contribution is 0.247. The SMILES string of the molecule is C[C@H](CO)NCc1ccc(S(=O)(=O)N(C)C)o1. The molecule has 0 aliphatic carbocycles. The highest BCUT2D eigenvalue weighted by atomic mass is 32.2. The zero-order valence-electron chi connectivity index (χ0n) is 10.2. The molecule has 2 N–H and O–H groups in total. The van der Waals surface area contributed by atoms with Crippen LogP contribution in [0.1, 0.15) is 12.7 Å². The van der Waals surface area contributed by atoms with Gasteiger partial charge in [0.2, 0.25) is 5.09 Å². The van der Waals surface area contributed by atoms with E-state index in [0.717, 1.165) is 4.31 Å². The van der Waals surface area contributed by atoms with E-state index in [0.29, 0.717) is 12.3 Å². The molecule has 0 aromatic carbocycles. The third-order valence-electron chi connectivity index (χ3n) is 2.27. The maximum atomic E-state index is 11.7. The van der Waals surface area contributed by atoms with Gasteiger partial charge in [0, 0.05) is 20.1 Å². The van der Waals surface area contributed by atoms with Crippen LogP contribution in [0.3, 0.4) is 0 Å². The van der Waals surface area contributed by atoms with Crippen molar-refractivity contribution in [3.63, 3.8) is 0 Å². The van der Waals surface area contributed by atoms with Crippen LogP contribution in [0.5, 0.6) is 0 Å². The van der Waals surface area contributed by atoms with Crippen molar-refractivity contribution in [2.24, 2.45) is 0 Å². The van der Waals surface area contributed by atoms with Gasteiger partial charge in [-0.2, -0.15) is 0 Å². The van der Waals surface area contributed by atoms with E-state index in [1.807, 2.05) is 6.92 Å².